The van der Waals surface area contributed by atoms with Crippen molar-refractivity contribution in [2.24, 2.45) is 4.99 Å². The van der Waals surface area contributed by atoms with Crippen LogP contribution in [0.1, 0.15) is 35.7 Å². The number of anilines is 1. The molecule has 1 fully saturated rings. The standard InChI is InChI=1S/C22H26ClN3O3/c1-3-28-17-11-9-16(10-12-17)21(27)26-22(24-14-18-6-5-13-29-18)25-20-8-4-7-19(23)15(20)2/h4,7-12,18H,3,5-6,13-14H2,1-2H3,(H2,24,25,26,27)/t18-/m1/s1. The summed E-state index contributed by atoms with van der Waals surface area (Å²) in [5.41, 5.74) is 2.19. The Balaban J connectivity index is 1.75. The number of nitrogens with zero attached hydrogens (tertiary/aromatic N) is 1. The third-order valence-corrected chi connectivity index (χ3v) is 5.07. The Hall–Kier alpha value is -2.57. The summed E-state index contributed by atoms with van der Waals surface area (Å²) < 4.78 is 11.1. The van der Waals surface area contributed by atoms with Crippen LogP contribution >= 0.6 is 11.6 Å². The van der Waals surface area contributed by atoms with Crippen molar-refractivity contribution in [1.29, 1.82) is 0 Å². The second kappa shape index (κ2) is 10.3. The first-order chi connectivity index (χ1) is 14.1. The lowest BCUT2D eigenvalue weighted by molar-refractivity contribution is 0.0975. The maximum atomic E-state index is 12.7. The van der Waals surface area contributed by atoms with Gasteiger partial charge in [-0.1, -0.05) is 17.7 Å². The van der Waals surface area contributed by atoms with Crippen LogP contribution in [-0.2, 0) is 4.74 Å². The van der Waals surface area contributed by atoms with Gasteiger partial charge in [0.25, 0.3) is 5.91 Å². The number of hydrogen-bond donors (Lipinski definition) is 2. The van der Waals surface area contributed by atoms with Crippen LogP contribution in [0.15, 0.2) is 47.5 Å². The molecule has 0 saturated carbocycles. The lowest BCUT2D eigenvalue weighted by Crippen LogP contribution is -2.37. The van der Waals surface area contributed by atoms with E-state index in [4.69, 9.17) is 21.1 Å². The van der Waals surface area contributed by atoms with Crippen LogP contribution in [0.5, 0.6) is 5.75 Å². The van der Waals surface area contributed by atoms with Crippen LogP contribution in [0, 0.1) is 6.92 Å². The molecule has 1 amide bonds. The Kier molecular flexibility index (Phi) is 7.49. The number of carbonyl (C=O) groups excluding carboxylic acids is 1. The van der Waals surface area contributed by atoms with Crippen molar-refractivity contribution in [1.82, 2.24) is 5.32 Å². The second-order valence-electron chi connectivity index (χ2n) is 6.77. The fourth-order valence-corrected chi connectivity index (χ4v) is 3.19. The van der Waals surface area contributed by atoms with Gasteiger partial charge < -0.3 is 14.8 Å². The van der Waals surface area contributed by atoms with Crippen molar-refractivity contribution in [2.45, 2.75) is 32.8 Å². The Morgan fingerprint density at radius 3 is 2.76 bits per heavy atom. The molecule has 0 spiro atoms. The van der Waals surface area contributed by atoms with E-state index in [2.05, 4.69) is 15.6 Å². The molecule has 0 aromatic heterocycles. The summed E-state index contributed by atoms with van der Waals surface area (Å²) in [5, 5.41) is 6.71. The van der Waals surface area contributed by atoms with Gasteiger partial charge in [-0.2, -0.15) is 0 Å². The first-order valence-corrected chi connectivity index (χ1v) is 10.2. The molecule has 1 aliphatic heterocycles. The highest BCUT2D eigenvalue weighted by Gasteiger charge is 2.16. The molecule has 2 aromatic carbocycles. The second-order valence-corrected chi connectivity index (χ2v) is 7.18. The fourth-order valence-electron chi connectivity index (χ4n) is 3.01. The van der Waals surface area contributed by atoms with E-state index in [0.717, 1.165) is 36.4 Å². The average molecular weight is 416 g/mol. The van der Waals surface area contributed by atoms with E-state index in [9.17, 15) is 4.79 Å². The number of rotatable bonds is 6. The lowest BCUT2D eigenvalue weighted by atomic mass is 10.2. The monoisotopic (exact) mass is 415 g/mol. The summed E-state index contributed by atoms with van der Waals surface area (Å²) in [6.07, 6.45) is 2.09. The number of aliphatic imine (C=N–C) groups is 1. The van der Waals surface area contributed by atoms with Gasteiger partial charge >= 0.3 is 0 Å². The average Bonchev–Trinajstić information content (AvgIpc) is 3.24. The van der Waals surface area contributed by atoms with Gasteiger partial charge in [0.05, 0.1) is 19.3 Å². The molecule has 154 valence electrons. The summed E-state index contributed by atoms with van der Waals surface area (Å²) in [4.78, 5) is 17.3. The van der Waals surface area contributed by atoms with E-state index < -0.39 is 0 Å². The van der Waals surface area contributed by atoms with Crippen LogP contribution in [0.3, 0.4) is 0 Å². The van der Waals surface area contributed by atoms with Gasteiger partial charge in [-0.15, -0.1) is 0 Å². The predicted octanol–water partition coefficient (Wildman–Crippen LogP) is 4.42. The largest absolute Gasteiger partial charge is 0.494 e. The maximum Gasteiger partial charge on any atom is 0.257 e. The summed E-state index contributed by atoms with van der Waals surface area (Å²) in [7, 11) is 0. The number of nitrogens with one attached hydrogen (secondary N) is 2. The minimum absolute atomic E-state index is 0.0784. The molecule has 7 heteroatoms. The molecule has 6 nitrogen and oxygen atoms in total. The Morgan fingerprint density at radius 1 is 1.28 bits per heavy atom. The van der Waals surface area contributed by atoms with Gasteiger partial charge in [0.1, 0.15) is 5.75 Å². The number of carbonyl (C=O) groups is 1. The number of hydrogen-bond acceptors (Lipinski definition) is 4. The predicted molar refractivity (Wildman–Crippen MR) is 116 cm³/mol. The summed E-state index contributed by atoms with van der Waals surface area (Å²) >= 11 is 6.22. The van der Waals surface area contributed by atoms with Gasteiger partial charge in [0.2, 0.25) is 5.96 Å². The number of guanidine groups is 1. The molecule has 3 rings (SSSR count). The maximum absolute atomic E-state index is 12.7. The Labute approximate surface area is 176 Å². The quantitative estimate of drug-likeness (QED) is 0.541. The van der Waals surface area contributed by atoms with E-state index in [0.29, 0.717) is 29.7 Å². The molecule has 1 heterocycles. The molecule has 1 atom stereocenters. The zero-order valence-corrected chi connectivity index (χ0v) is 17.5. The van der Waals surface area contributed by atoms with Crippen LogP contribution in [0.25, 0.3) is 0 Å². The number of amides is 1. The van der Waals surface area contributed by atoms with Crippen LogP contribution in [-0.4, -0.2) is 37.7 Å². The molecular weight excluding hydrogens is 390 g/mol. The van der Waals surface area contributed by atoms with Gasteiger partial charge in [-0.3, -0.25) is 10.1 Å². The highest BCUT2D eigenvalue weighted by atomic mass is 35.5. The molecule has 1 aliphatic rings. The van der Waals surface area contributed by atoms with Crippen molar-refractivity contribution < 1.29 is 14.3 Å². The van der Waals surface area contributed by atoms with Crippen LogP contribution < -0.4 is 15.4 Å². The molecule has 0 radical (unpaired) electrons. The molecule has 2 aromatic rings. The molecule has 0 unspecified atom stereocenters. The van der Waals surface area contributed by atoms with E-state index >= 15 is 0 Å². The SMILES string of the molecule is CCOc1ccc(C(=O)NC(=NC[C@H]2CCCO2)Nc2cccc(Cl)c2C)cc1. The zero-order chi connectivity index (χ0) is 20.6. The normalized spacial score (nSPS) is 16.5. The fraction of sp³-hybridized carbons (Fsp3) is 0.364. The van der Waals surface area contributed by atoms with E-state index in [-0.39, 0.29) is 12.0 Å². The van der Waals surface area contributed by atoms with E-state index in [1.54, 1.807) is 24.3 Å². The zero-order valence-electron chi connectivity index (χ0n) is 16.7. The molecule has 0 aliphatic carbocycles. The Morgan fingerprint density at radius 2 is 2.07 bits per heavy atom. The highest BCUT2D eigenvalue weighted by molar-refractivity contribution is 6.31. The number of halogens is 1. The van der Waals surface area contributed by atoms with Crippen molar-refractivity contribution in [3.8, 4) is 5.75 Å². The van der Waals surface area contributed by atoms with Gasteiger partial charge in [-0.25, -0.2) is 4.99 Å². The third kappa shape index (κ3) is 5.95. The van der Waals surface area contributed by atoms with Crippen molar-refractivity contribution in [2.75, 3.05) is 25.1 Å². The molecular formula is C22H26ClN3O3. The molecule has 2 N–H and O–H groups in total. The van der Waals surface area contributed by atoms with Gasteiger partial charge in [0.15, 0.2) is 0 Å². The highest BCUT2D eigenvalue weighted by Crippen LogP contribution is 2.23. The third-order valence-electron chi connectivity index (χ3n) is 4.66. The first kappa shape index (κ1) is 21.1. The van der Waals surface area contributed by atoms with Crippen molar-refractivity contribution in [3.05, 3.63) is 58.6 Å². The number of ether oxygens (including phenoxy) is 2. The summed E-state index contributed by atoms with van der Waals surface area (Å²) in [6.45, 7) is 5.65. The molecule has 0 bridgehead atoms. The molecule has 29 heavy (non-hydrogen) atoms. The van der Waals surface area contributed by atoms with E-state index in [1.165, 1.54) is 0 Å². The van der Waals surface area contributed by atoms with Crippen molar-refractivity contribution >= 4 is 29.2 Å². The first-order valence-electron chi connectivity index (χ1n) is 9.79. The summed E-state index contributed by atoms with van der Waals surface area (Å²) in [6, 6.07) is 12.6. The lowest BCUT2D eigenvalue weighted by Gasteiger charge is -2.15. The minimum atomic E-state index is -0.258. The van der Waals surface area contributed by atoms with Crippen LogP contribution in [0.4, 0.5) is 5.69 Å². The van der Waals surface area contributed by atoms with Gasteiger partial charge in [0, 0.05) is 22.9 Å². The number of benzene rings is 2. The van der Waals surface area contributed by atoms with E-state index in [1.807, 2.05) is 32.0 Å². The topological polar surface area (TPSA) is 72.0 Å². The molecule has 1 saturated heterocycles. The Bertz CT molecular complexity index is 862. The summed E-state index contributed by atoms with van der Waals surface area (Å²) in [5.74, 6) is 0.833. The van der Waals surface area contributed by atoms with Crippen LogP contribution in [0.2, 0.25) is 5.02 Å². The minimum Gasteiger partial charge on any atom is -0.494 e. The smallest absolute Gasteiger partial charge is 0.257 e. The van der Waals surface area contributed by atoms with Crippen molar-refractivity contribution in [3.63, 3.8) is 0 Å². The van der Waals surface area contributed by atoms with Gasteiger partial charge in [-0.05, 0) is 68.7 Å².